The van der Waals surface area contributed by atoms with Gasteiger partial charge in [-0.2, -0.15) is 0 Å². The maximum atomic E-state index is 12.6. The molecular formula is C28H37ClN2O7S. The highest BCUT2D eigenvalue weighted by Crippen LogP contribution is 2.35. The van der Waals surface area contributed by atoms with Gasteiger partial charge >= 0.3 is 0 Å². The Morgan fingerprint density at radius 3 is 2.13 bits per heavy atom. The normalized spacial score (nSPS) is 18.7. The van der Waals surface area contributed by atoms with E-state index in [0.717, 1.165) is 26.1 Å². The molecule has 0 aromatic heterocycles. The van der Waals surface area contributed by atoms with Crippen LogP contribution in [0.15, 0.2) is 36.4 Å². The Bertz CT molecular complexity index is 1220. The van der Waals surface area contributed by atoms with Gasteiger partial charge in [-0.05, 0) is 56.6 Å². The number of hydrogen-bond donors (Lipinski definition) is 0. The molecule has 39 heavy (non-hydrogen) atoms. The highest BCUT2D eigenvalue weighted by Gasteiger charge is 2.38. The molecule has 0 bridgehead atoms. The summed E-state index contributed by atoms with van der Waals surface area (Å²) in [6, 6.07) is 9.96. The van der Waals surface area contributed by atoms with Crippen molar-refractivity contribution in [3.8, 4) is 17.2 Å². The molecule has 1 unspecified atom stereocenters. The van der Waals surface area contributed by atoms with E-state index in [1.54, 1.807) is 57.7 Å². The van der Waals surface area contributed by atoms with Crippen molar-refractivity contribution >= 4 is 33.1 Å². The fourth-order valence-electron chi connectivity index (χ4n) is 4.82. The van der Waals surface area contributed by atoms with E-state index in [1.807, 2.05) is 0 Å². The Balaban J connectivity index is 0.000000223. The van der Waals surface area contributed by atoms with Crippen LogP contribution in [0.25, 0.3) is 0 Å². The van der Waals surface area contributed by atoms with Gasteiger partial charge in [-0.1, -0.05) is 23.7 Å². The molecule has 0 N–H and O–H groups in total. The molecule has 214 valence electrons. The van der Waals surface area contributed by atoms with E-state index in [2.05, 4.69) is 4.90 Å². The number of nitrogens with zero attached hydrogens (tertiary/aromatic N) is 2. The number of amides is 1. The Morgan fingerprint density at radius 1 is 1.00 bits per heavy atom. The molecule has 2 heterocycles. The second-order valence-electron chi connectivity index (χ2n) is 9.51. The van der Waals surface area contributed by atoms with Gasteiger partial charge in [-0.25, -0.2) is 8.42 Å². The minimum absolute atomic E-state index is 0.0514. The van der Waals surface area contributed by atoms with Gasteiger partial charge in [-0.3, -0.25) is 9.59 Å². The lowest BCUT2D eigenvalue weighted by Gasteiger charge is -2.32. The monoisotopic (exact) mass is 580 g/mol. The van der Waals surface area contributed by atoms with Crippen LogP contribution in [0, 0.1) is 0 Å². The average Bonchev–Trinajstić information content (AvgIpc) is 3.45. The number of ketones is 1. The van der Waals surface area contributed by atoms with Crippen LogP contribution >= 0.6 is 11.6 Å². The van der Waals surface area contributed by atoms with E-state index in [1.165, 1.54) is 24.8 Å². The summed E-state index contributed by atoms with van der Waals surface area (Å²) in [5.41, 5.74) is 1.08. The van der Waals surface area contributed by atoms with E-state index in [-0.39, 0.29) is 23.9 Å². The van der Waals surface area contributed by atoms with Crippen LogP contribution in [0.3, 0.4) is 0 Å². The molecule has 1 amide bonds. The number of likely N-dealkylation sites (tertiary alicyclic amines) is 1. The standard InChI is InChI=1S/C17H25NO4.C11H12ClNO3S/c1-20-13-11-15(21-2)17(16(12-13)22-3)14(19)7-6-10-18-8-4-5-9-18;1-13-10(14)6-7-17(15,16)11(13)8-2-4-9(12)5-3-8/h11-12H,4-10H2,1-3H3;2-5,11H,6-7H2,1H3. The molecule has 2 aromatic rings. The van der Waals surface area contributed by atoms with E-state index in [9.17, 15) is 18.0 Å². The zero-order chi connectivity index (χ0) is 28.6. The van der Waals surface area contributed by atoms with Crippen molar-refractivity contribution in [2.75, 3.05) is 53.8 Å². The molecule has 0 radical (unpaired) electrons. The van der Waals surface area contributed by atoms with Crippen molar-refractivity contribution in [1.29, 1.82) is 0 Å². The molecule has 0 saturated carbocycles. The van der Waals surface area contributed by atoms with Crippen LogP contribution < -0.4 is 14.2 Å². The maximum Gasteiger partial charge on any atom is 0.224 e. The van der Waals surface area contributed by atoms with Crippen molar-refractivity contribution in [2.24, 2.45) is 0 Å². The summed E-state index contributed by atoms with van der Waals surface area (Å²) in [6.07, 6.45) is 3.96. The summed E-state index contributed by atoms with van der Waals surface area (Å²) in [5.74, 6) is 1.42. The zero-order valence-electron chi connectivity index (χ0n) is 22.9. The predicted molar refractivity (Wildman–Crippen MR) is 151 cm³/mol. The molecule has 2 aromatic carbocycles. The van der Waals surface area contributed by atoms with Gasteiger partial charge in [0, 0.05) is 37.0 Å². The van der Waals surface area contributed by atoms with Crippen LogP contribution in [0.4, 0.5) is 0 Å². The quantitative estimate of drug-likeness (QED) is 0.403. The maximum absolute atomic E-state index is 12.6. The summed E-state index contributed by atoms with van der Waals surface area (Å²) in [6.45, 7) is 3.29. The number of carbonyl (C=O) groups excluding carboxylic acids is 2. The Kier molecular flexibility index (Phi) is 11.0. The number of hydrogen-bond acceptors (Lipinski definition) is 8. The second kappa shape index (κ2) is 14.0. The number of carbonyl (C=O) groups is 2. The molecule has 4 rings (SSSR count). The average molecular weight is 581 g/mol. The van der Waals surface area contributed by atoms with Crippen molar-refractivity contribution in [3.63, 3.8) is 0 Å². The summed E-state index contributed by atoms with van der Waals surface area (Å²) < 4.78 is 39.9. The molecule has 9 nitrogen and oxygen atoms in total. The fraction of sp³-hybridized carbons (Fsp3) is 0.500. The van der Waals surface area contributed by atoms with Gasteiger partial charge in [0.05, 0.1) is 27.1 Å². The largest absolute Gasteiger partial charge is 0.496 e. The third-order valence-corrected chi connectivity index (χ3v) is 9.21. The van der Waals surface area contributed by atoms with Gasteiger partial charge < -0.3 is 24.0 Å². The molecule has 0 spiro atoms. The third-order valence-electron chi connectivity index (χ3n) is 6.91. The topological polar surface area (TPSA) is 102 Å². The van der Waals surface area contributed by atoms with Crippen LogP contribution in [0.2, 0.25) is 5.02 Å². The number of benzene rings is 2. The van der Waals surface area contributed by atoms with Gasteiger partial charge in [0.15, 0.2) is 21.0 Å². The second-order valence-corrected chi connectivity index (χ2v) is 12.1. The number of Topliss-reactive ketones (excluding diaryl/α,β-unsaturated/α-hetero) is 1. The number of sulfone groups is 1. The van der Waals surface area contributed by atoms with E-state index in [4.69, 9.17) is 25.8 Å². The smallest absolute Gasteiger partial charge is 0.224 e. The molecule has 0 aliphatic carbocycles. The van der Waals surface area contributed by atoms with E-state index < -0.39 is 15.2 Å². The number of methoxy groups -OCH3 is 3. The van der Waals surface area contributed by atoms with Crippen LogP contribution in [-0.4, -0.2) is 83.7 Å². The van der Waals surface area contributed by atoms with Gasteiger partial charge in [0.1, 0.15) is 22.8 Å². The van der Waals surface area contributed by atoms with Crippen molar-refractivity contribution < 1.29 is 32.2 Å². The zero-order valence-corrected chi connectivity index (χ0v) is 24.5. The summed E-state index contributed by atoms with van der Waals surface area (Å²) in [5, 5.41) is -0.350. The lowest BCUT2D eigenvalue weighted by atomic mass is 10.0. The van der Waals surface area contributed by atoms with Gasteiger partial charge in [-0.15, -0.1) is 0 Å². The van der Waals surface area contributed by atoms with Crippen molar-refractivity contribution in [3.05, 3.63) is 52.5 Å². The van der Waals surface area contributed by atoms with Crippen LogP contribution in [0.5, 0.6) is 17.2 Å². The minimum Gasteiger partial charge on any atom is -0.496 e. The molecular weight excluding hydrogens is 544 g/mol. The molecule has 2 aliphatic rings. The SMILES string of the molecule is CN1C(=O)CCS(=O)(=O)C1c1ccc(Cl)cc1.COc1cc(OC)c(C(=O)CCCN2CCCC2)c(OC)c1. The van der Waals surface area contributed by atoms with Crippen LogP contribution in [-0.2, 0) is 14.6 Å². The minimum atomic E-state index is -3.31. The Hall–Kier alpha value is -2.82. The van der Waals surface area contributed by atoms with E-state index in [0.29, 0.717) is 39.8 Å². The van der Waals surface area contributed by atoms with Crippen molar-refractivity contribution in [2.45, 2.75) is 37.5 Å². The Morgan fingerprint density at radius 2 is 1.59 bits per heavy atom. The Labute approximate surface area is 235 Å². The van der Waals surface area contributed by atoms with Crippen LogP contribution in [0.1, 0.15) is 53.4 Å². The number of halogens is 1. The first-order valence-corrected chi connectivity index (χ1v) is 15.0. The lowest BCUT2D eigenvalue weighted by molar-refractivity contribution is -0.130. The fourth-order valence-corrected chi connectivity index (χ4v) is 6.80. The summed E-state index contributed by atoms with van der Waals surface area (Å²) in [7, 11) is 2.88. The predicted octanol–water partition coefficient (Wildman–Crippen LogP) is 4.39. The lowest BCUT2D eigenvalue weighted by Crippen LogP contribution is -2.42. The first-order chi connectivity index (χ1) is 18.6. The van der Waals surface area contributed by atoms with Gasteiger partial charge in [0.2, 0.25) is 5.91 Å². The summed E-state index contributed by atoms with van der Waals surface area (Å²) in [4.78, 5) is 27.8. The van der Waals surface area contributed by atoms with E-state index >= 15 is 0 Å². The van der Waals surface area contributed by atoms with Crippen molar-refractivity contribution in [1.82, 2.24) is 9.80 Å². The summed E-state index contributed by atoms with van der Waals surface area (Å²) >= 11 is 5.76. The molecule has 2 fully saturated rings. The highest BCUT2D eigenvalue weighted by molar-refractivity contribution is 7.91. The van der Waals surface area contributed by atoms with Gasteiger partial charge in [0.25, 0.3) is 0 Å². The third kappa shape index (κ3) is 7.86. The molecule has 11 heteroatoms. The molecule has 2 aliphatic heterocycles. The molecule has 2 saturated heterocycles. The number of ether oxygens (including phenoxy) is 3. The molecule has 1 atom stereocenters. The highest BCUT2D eigenvalue weighted by atomic mass is 35.5. The first-order valence-electron chi connectivity index (χ1n) is 12.9. The number of rotatable bonds is 9. The first kappa shape index (κ1) is 30.7.